The van der Waals surface area contributed by atoms with E-state index in [4.69, 9.17) is 0 Å². The van der Waals surface area contributed by atoms with Gasteiger partial charge in [0.25, 0.3) is 0 Å². The van der Waals surface area contributed by atoms with Crippen LogP contribution in [0.15, 0.2) is 30.9 Å². The van der Waals surface area contributed by atoms with Gasteiger partial charge < -0.3 is 9.30 Å². The standard InChI is InChI=1S/C12H9F3N6O/c13-12(14,15)6-22-9-2-1-8(19-20-9)5-21-7-18-10-11(21)17-4-3-16-10/h1-4,7H,5-6H2. The zero-order valence-corrected chi connectivity index (χ0v) is 11.0. The summed E-state index contributed by atoms with van der Waals surface area (Å²) < 4.78 is 42.3. The molecule has 0 aliphatic heterocycles. The van der Waals surface area contributed by atoms with Gasteiger partial charge in [-0.2, -0.15) is 13.2 Å². The molecule has 3 rings (SSSR count). The molecule has 7 nitrogen and oxygen atoms in total. The third kappa shape index (κ3) is 3.27. The van der Waals surface area contributed by atoms with Crippen molar-refractivity contribution in [3.05, 3.63) is 36.5 Å². The Morgan fingerprint density at radius 3 is 2.59 bits per heavy atom. The summed E-state index contributed by atoms with van der Waals surface area (Å²) in [5.41, 5.74) is 1.62. The van der Waals surface area contributed by atoms with Crippen LogP contribution in [-0.4, -0.2) is 42.5 Å². The number of alkyl halides is 3. The summed E-state index contributed by atoms with van der Waals surface area (Å²) in [4.78, 5) is 12.3. The Balaban J connectivity index is 1.71. The van der Waals surface area contributed by atoms with Gasteiger partial charge >= 0.3 is 6.18 Å². The predicted molar refractivity (Wildman–Crippen MR) is 68.0 cm³/mol. The molecule has 0 fully saturated rings. The van der Waals surface area contributed by atoms with E-state index in [0.29, 0.717) is 23.5 Å². The maximum atomic E-state index is 12.0. The van der Waals surface area contributed by atoms with Gasteiger partial charge in [0.05, 0.1) is 18.6 Å². The van der Waals surface area contributed by atoms with Gasteiger partial charge in [-0.1, -0.05) is 0 Å². The SMILES string of the molecule is FC(F)(F)COc1ccc(Cn2cnc3nccnc32)nn1. The average Bonchev–Trinajstić information content (AvgIpc) is 2.89. The van der Waals surface area contributed by atoms with Crippen LogP contribution >= 0.6 is 0 Å². The number of imidazole rings is 1. The minimum atomic E-state index is -4.41. The van der Waals surface area contributed by atoms with Gasteiger partial charge in [0, 0.05) is 18.5 Å². The van der Waals surface area contributed by atoms with E-state index in [9.17, 15) is 13.2 Å². The Morgan fingerprint density at radius 2 is 1.86 bits per heavy atom. The van der Waals surface area contributed by atoms with E-state index in [2.05, 4.69) is 29.9 Å². The lowest BCUT2D eigenvalue weighted by Gasteiger charge is -2.08. The minimum Gasteiger partial charge on any atom is -0.467 e. The molecule has 0 aliphatic carbocycles. The fourth-order valence-corrected chi connectivity index (χ4v) is 1.75. The highest BCUT2D eigenvalue weighted by Gasteiger charge is 2.28. The first-order chi connectivity index (χ1) is 10.5. The number of halogens is 3. The second-order valence-electron chi connectivity index (χ2n) is 4.34. The smallest absolute Gasteiger partial charge is 0.422 e. The fraction of sp³-hybridized carbons (Fsp3) is 0.250. The number of aromatic nitrogens is 6. The molecule has 0 unspecified atom stereocenters. The van der Waals surface area contributed by atoms with Crippen molar-refractivity contribution in [3.8, 4) is 5.88 Å². The zero-order chi connectivity index (χ0) is 15.6. The van der Waals surface area contributed by atoms with Crippen molar-refractivity contribution in [1.29, 1.82) is 0 Å². The normalized spacial score (nSPS) is 11.8. The van der Waals surface area contributed by atoms with Crippen LogP contribution in [0.2, 0.25) is 0 Å². The molecule has 0 bridgehead atoms. The van der Waals surface area contributed by atoms with Crippen LogP contribution in [0.4, 0.5) is 13.2 Å². The van der Waals surface area contributed by atoms with Gasteiger partial charge in [-0.3, -0.25) is 0 Å². The molecular formula is C12H9F3N6O. The van der Waals surface area contributed by atoms with Crippen molar-refractivity contribution >= 4 is 11.3 Å². The predicted octanol–water partition coefficient (Wildman–Crippen LogP) is 1.61. The van der Waals surface area contributed by atoms with Crippen LogP contribution in [0.25, 0.3) is 11.3 Å². The molecule has 0 N–H and O–H groups in total. The topological polar surface area (TPSA) is 78.6 Å². The summed E-state index contributed by atoms with van der Waals surface area (Å²) in [7, 11) is 0. The Kier molecular flexibility index (Phi) is 3.57. The Morgan fingerprint density at radius 1 is 1.05 bits per heavy atom. The van der Waals surface area contributed by atoms with E-state index in [0.717, 1.165) is 0 Å². The third-order valence-corrected chi connectivity index (χ3v) is 2.66. The molecule has 0 atom stereocenters. The number of ether oxygens (including phenoxy) is 1. The molecule has 0 amide bonds. The van der Waals surface area contributed by atoms with Crippen LogP contribution in [0.1, 0.15) is 5.69 Å². The van der Waals surface area contributed by atoms with Gasteiger partial charge in [0.2, 0.25) is 5.88 Å². The lowest BCUT2D eigenvalue weighted by atomic mass is 10.4. The second-order valence-corrected chi connectivity index (χ2v) is 4.34. The number of nitrogens with zero attached hydrogens (tertiary/aromatic N) is 6. The molecule has 22 heavy (non-hydrogen) atoms. The molecule has 3 aromatic heterocycles. The lowest BCUT2D eigenvalue weighted by Crippen LogP contribution is -2.19. The summed E-state index contributed by atoms with van der Waals surface area (Å²) in [5, 5.41) is 7.42. The Labute approximate surface area is 121 Å². The van der Waals surface area contributed by atoms with Gasteiger partial charge in [-0.05, 0) is 6.07 Å². The maximum Gasteiger partial charge on any atom is 0.422 e. The molecule has 3 aromatic rings. The van der Waals surface area contributed by atoms with E-state index in [-0.39, 0.29) is 5.88 Å². The van der Waals surface area contributed by atoms with Crippen LogP contribution < -0.4 is 4.74 Å². The van der Waals surface area contributed by atoms with Crippen molar-refractivity contribution in [1.82, 2.24) is 29.7 Å². The lowest BCUT2D eigenvalue weighted by molar-refractivity contribution is -0.154. The molecule has 0 radical (unpaired) electrons. The van der Waals surface area contributed by atoms with E-state index in [1.807, 2.05) is 0 Å². The second kappa shape index (κ2) is 5.54. The first-order valence-corrected chi connectivity index (χ1v) is 6.15. The first-order valence-electron chi connectivity index (χ1n) is 6.15. The van der Waals surface area contributed by atoms with Crippen LogP contribution in [0.5, 0.6) is 5.88 Å². The van der Waals surface area contributed by atoms with Crippen LogP contribution in [-0.2, 0) is 6.54 Å². The number of rotatable bonds is 4. The Bertz CT molecular complexity index is 770. The highest BCUT2D eigenvalue weighted by Crippen LogP contribution is 2.16. The molecule has 0 saturated heterocycles. The molecule has 0 saturated carbocycles. The quantitative estimate of drug-likeness (QED) is 0.728. The molecule has 3 heterocycles. The summed E-state index contributed by atoms with van der Waals surface area (Å²) >= 11 is 0. The van der Waals surface area contributed by atoms with E-state index < -0.39 is 12.8 Å². The average molecular weight is 310 g/mol. The van der Waals surface area contributed by atoms with Crippen LogP contribution in [0, 0.1) is 0 Å². The van der Waals surface area contributed by atoms with E-state index >= 15 is 0 Å². The van der Waals surface area contributed by atoms with Crippen molar-refractivity contribution in [2.45, 2.75) is 12.7 Å². The molecule has 10 heteroatoms. The van der Waals surface area contributed by atoms with Crippen molar-refractivity contribution in [2.24, 2.45) is 0 Å². The monoisotopic (exact) mass is 310 g/mol. The van der Waals surface area contributed by atoms with E-state index in [1.54, 1.807) is 17.1 Å². The summed E-state index contributed by atoms with van der Waals surface area (Å²) in [5.74, 6) is -0.184. The first kappa shape index (κ1) is 14.2. The largest absolute Gasteiger partial charge is 0.467 e. The summed E-state index contributed by atoms with van der Waals surface area (Å²) in [6.07, 6.45) is 0.224. The van der Waals surface area contributed by atoms with Gasteiger partial charge in [0.1, 0.15) is 0 Å². The molecule has 114 valence electrons. The van der Waals surface area contributed by atoms with Gasteiger partial charge in [-0.15, -0.1) is 10.2 Å². The third-order valence-electron chi connectivity index (χ3n) is 2.66. The summed E-state index contributed by atoms with van der Waals surface area (Å²) in [6, 6.07) is 2.86. The Hall–Kier alpha value is -2.78. The molecule has 0 spiro atoms. The van der Waals surface area contributed by atoms with Crippen molar-refractivity contribution in [3.63, 3.8) is 0 Å². The summed E-state index contributed by atoms with van der Waals surface area (Å²) in [6.45, 7) is -1.08. The highest BCUT2D eigenvalue weighted by atomic mass is 19.4. The highest BCUT2D eigenvalue weighted by molar-refractivity contribution is 5.64. The minimum absolute atomic E-state index is 0.184. The molecule has 0 aliphatic rings. The molecule has 0 aromatic carbocycles. The van der Waals surface area contributed by atoms with Gasteiger partial charge in [0.15, 0.2) is 17.9 Å². The number of hydrogen-bond acceptors (Lipinski definition) is 6. The fourth-order valence-electron chi connectivity index (χ4n) is 1.75. The maximum absolute atomic E-state index is 12.0. The van der Waals surface area contributed by atoms with Crippen molar-refractivity contribution in [2.75, 3.05) is 6.61 Å². The van der Waals surface area contributed by atoms with Crippen LogP contribution in [0.3, 0.4) is 0 Å². The van der Waals surface area contributed by atoms with Gasteiger partial charge in [-0.25, -0.2) is 15.0 Å². The molecular weight excluding hydrogens is 301 g/mol. The number of hydrogen-bond donors (Lipinski definition) is 0. The number of fused-ring (bicyclic) bond motifs is 1. The van der Waals surface area contributed by atoms with Crippen molar-refractivity contribution < 1.29 is 17.9 Å². The zero-order valence-electron chi connectivity index (χ0n) is 11.0. The van der Waals surface area contributed by atoms with E-state index in [1.165, 1.54) is 18.3 Å².